The molecule has 0 aliphatic carbocycles. The molecule has 7 heavy (non-hydrogen) atoms. The molecule has 0 aliphatic heterocycles. The first kappa shape index (κ1) is 6.53. The van der Waals surface area contributed by atoms with Crippen molar-refractivity contribution in [3.63, 3.8) is 0 Å². The lowest BCUT2D eigenvalue weighted by Crippen LogP contribution is -1.89. The van der Waals surface area contributed by atoms with Gasteiger partial charge in [0, 0.05) is 6.54 Å². The number of hydrogen-bond acceptors (Lipinski definition) is 1. The summed E-state index contributed by atoms with van der Waals surface area (Å²) in [6.07, 6.45) is -1.75. The average Bonchev–Trinajstić information content (AvgIpc) is 1.61. The molecule has 0 unspecified atom stereocenters. The van der Waals surface area contributed by atoms with E-state index < -0.39 is 6.43 Å². The van der Waals surface area contributed by atoms with Gasteiger partial charge in [0.05, 0.1) is 6.21 Å². The lowest BCUT2D eigenvalue weighted by Gasteiger charge is -1.81. The van der Waals surface area contributed by atoms with Crippen LogP contribution in [0.2, 0.25) is 0 Å². The molecule has 0 atom stereocenters. The molecule has 3 heteroatoms. The van der Waals surface area contributed by atoms with Crippen LogP contribution in [0.25, 0.3) is 0 Å². The third kappa shape index (κ3) is 5.53. The summed E-state index contributed by atoms with van der Waals surface area (Å²) in [5, 5.41) is 0. The molecule has 0 radical (unpaired) electrons. The first-order valence-corrected chi connectivity index (χ1v) is 2.05. The highest BCUT2D eigenvalue weighted by atomic mass is 19.3. The number of hydrogen-bond donors (Lipinski definition) is 0. The fourth-order valence-corrected chi connectivity index (χ4v) is 0.185. The monoisotopic (exact) mass is 107 g/mol. The second-order valence-corrected chi connectivity index (χ2v) is 0.982. The van der Waals surface area contributed by atoms with Gasteiger partial charge >= 0.3 is 0 Å². The summed E-state index contributed by atoms with van der Waals surface area (Å²) in [6.45, 7) is 2.14. The number of nitrogens with zero attached hydrogens (tertiary/aromatic N) is 1. The first-order valence-electron chi connectivity index (χ1n) is 2.05. The van der Waals surface area contributed by atoms with E-state index in [1.807, 2.05) is 0 Å². The number of aliphatic imine (C=N–C) groups is 1. The maximum absolute atomic E-state index is 11.1. The van der Waals surface area contributed by atoms with Crippen molar-refractivity contribution in [2.75, 3.05) is 6.54 Å². The summed E-state index contributed by atoms with van der Waals surface area (Å²) >= 11 is 0. The zero-order valence-electron chi connectivity index (χ0n) is 4.06. The lowest BCUT2D eigenvalue weighted by atomic mass is 10.7. The Morgan fingerprint density at radius 3 is 2.43 bits per heavy atom. The van der Waals surface area contributed by atoms with Gasteiger partial charge in [-0.2, -0.15) is 0 Å². The van der Waals surface area contributed by atoms with E-state index in [-0.39, 0.29) is 0 Å². The van der Waals surface area contributed by atoms with Gasteiger partial charge in [-0.25, -0.2) is 8.78 Å². The van der Waals surface area contributed by atoms with Crippen LogP contribution in [0.15, 0.2) is 4.99 Å². The topological polar surface area (TPSA) is 12.4 Å². The molecule has 0 saturated heterocycles. The van der Waals surface area contributed by atoms with Crippen molar-refractivity contribution in [2.45, 2.75) is 13.3 Å². The van der Waals surface area contributed by atoms with Crippen LogP contribution >= 0.6 is 0 Å². The second-order valence-electron chi connectivity index (χ2n) is 0.982. The van der Waals surface area contributed by atoms with Crippen molar-refractivity contribution >= 4 is 6.21 Å². The van der Waals surface area contributed by atoms with Crippen LogP contribution in [0.3, 0.4) is 0 Å². The smallest absolute Gasteiger partial charge is 0.273 e. The highest BCUT2D eigenvalue weighted by Crippen LogP contribution is 1.84. The predicted molar refractivity (Wildman–Crippen MR) is 25.0 cm³/mol. The third-order valence-electron chi connectivity index (χ3n) is 0.401. The van der Waals surface area contributed by atoms with E-state index in [1.54, 1.807) is 6.92 Å². The number of alkyl halides is 2. The Hall–Kier alpha value is -0.470. The summed E-state index contributed by atoms with van der Waals surface area (Å²) in [7, 11) is 0. The van der Waals surface area contributed by atoms with Crippen LogP contribution in [-0.2, 0) is 0 Å². The van der Waals surface area contributed by atoms with Gasteiger partial charge in [-0.1, -0.05) is 0 Å². The van der Waals surface area contributed by atoms with E-state index in [0.717, 1.165) is 0 Å². The fraction of sp³-hybridized carbons (Fsp3) is 0.750. The Kier molecular flexibility index (Phi) is 3.46. The van der Waals surface area contributed by atoms with Gasteiger partial charge in [0.1, 0.15) is 0 Å². The molecule has 42 valence electrons. The molecule has 0 heterocycles. The van der Waals surface area contributed by atoms with Gasteiger partial charge in [-0.05, 0) is 6.92 Å². The van der Waals surface area contributed by atoms with Gasteiger partial charge in [0.25, 0.3) is 6.43 Å². The van der Waals surface area contributed by atoms with Crippen molar-refractivity contribution in [1.82, 2.24) is 0 Å². The van der Waals surface area contributed by atoms with Crippen LogP contribution in [-0.4, -0.2) is 19.2 Å². The molecule has 0 saturated carbocycles. The van der Waals surface area contributed by atoms with E-state index in [9.17, 15) is 8.78 Å². The zero-order chi connectivity index (χ0) is 5.70. The van der Waals surface area contributed by atoms with E-state index >= 15 is 0 Å². The molecule has 0 spiro atoms. The van der Waals surface area contributed by atoms with Crippen molar-refractivity contribution in [1.29, 1.82) is 0 Å². The fourth-order valence-electron chi connectivity index (χ4n) is 0.185. The molecule has 0 N–H and O–H groups in total. The van der Waals surface area contributed by atoms with Crippen molar-refractivity contribution in [3.8, 4) is 0 Å². The molecule has 0 rings (SSSR count). The first-order chi connectivity index (χ1) is 3.27. The minimum absolute atomic E-state index is 0.435. The van der Waals surface area contributed by atoms with Crippen LogP contribution in [0.4, 0.5) is 8.78 Å². The molecule has 0 fully saturated rings. The minimum Gasteiger partial charge on any atom is -0.292 e. The van der Waals surface area contributed by atoms with Gasteiger partial charge in [-0.3, -0.25) is 4.99 Å². The van der Waals surface area contributed by atoms with E-state index in [4.69, 9.17) is 0 Å². The van der Waals surface area contributed by atoms with Crippen molar-refractivity contribution in [2.24, 2.45) is 4.99 Å². The highest BCUT2D eigenvalue weighted by Gasteiger charge is 1.90. The number of halogens is 2. The van der Waals surface area contributed by atoms with Crippen LogP contribution < -0.4 is 0 Å². The Bertz CT molecular complexity index is 60.7. The van der Waals surface area contributed by atoms with Gasteiger partial charge in [-0.15, -0.1) is 0 Å². The molecular formula is C4H7F2N. The maximum Gasteiger partial charge on any atom is 0.273 e. The number of rotatable bonds is 2. The van der Waals surface area contributed by atoms with E-state index in [1.165, 1.54) is 0 Å². The summed E-state index contributed by atoms with van der Waals surface area (Å²) in [5.41, 5.74) is 0. The summed E-state index contributed by atoms with van der Waals surface area (Å²) < 4.78 is 22.1. The molecular weight excluding hydrogens is 100 g/mol. The average molecular weight is 107 g/mol. The normalized spacial score (nSPS) is 11.4. The van der Waals surface area contributed by atoms with Crippen LogP contribution in [0.1, 0.15) is 6.92 Å². The summed E-state index contributed by atoms with van der Waals surface area (Å²) in [5.74, 6) is 0. The minimum atomic E-state index is -2.39. The Balaban J connectivity index is 3.08. The standard InChI is InChI=1S/C4H7F2N/c1-2-7-3-4(5)6/h3-4H,2H2,1H3/b7-3+. The third-order valence-corrected chi connectivity index (χ3v) is 0.401. The van der Waals surface area contributed by atoms with Gasteiger partial charge < -0.3 is 0 Å². The molecule has 0 aliphatic rings. The van der Waals surface area contributed by atoms with E-state index in [2.05, 4.69) is 4.99 Å². The van der Waals surface area contributed by atoms with E-state index in [0.29, 0.717) is 12.8 Å². The van der Waals surface area contributed by atoms with Crippen molar-refractivity contribution in [3.05, 3.63) is 0 Å². The molecule has 0 aromatic carbocycles. The largest absolute Gasteiger partial charge is 0.292 e. The van der Waals surface area contributed by atoms with Crippen LogP contribution in [0.5, 0.6) is 0 Å². The van der Waals surface area contributed by atoms with Crippen molar-refractivity contribution < 1.29 is 8.78 Å². The predicted octanol–water partition coefficient (Wildman–Crippen LogP) is 1.34. The SMILES string of the molecule is CC/N=C/C(F)F. The Morgan fingerprint density at radius 2 is 2.29 bits per heavy atom. The maximum atomic E-state index is 11.1. The Labute approximate surface area is 41.1 Å². The zero-order valence-corrected chi connectivity index (χ0v) is 4.06. The van der Waals surface area contributed by atoms with Crippen LogP contribution in [0, 0.1) is 0 Å². The highest BCUT2D eigenvalue weighted by molar-refractivity contribution is 5.60. The summed E-state index contributed by atoms with van der Waals surface area (Å²) in [6, 6.07) is 0. The summed E-state index contributed by atoms with van der Waals surface area (Å²) in [4.78, 5) is 3.30. The molecule has 0 aromatic heterocycles. The quantitative estimate of drug-likeness (QED) is 0.472. The van der Waals surface area contributed by atoms with Gasteiger partial charge in [0.15, 0.2) is 0 Å². The second kappa shape index (κ2) is 3.71. The Morgan fingerprint density at radius 1 is 1.71 bits per heavy atom. The molecule has 0 aromatic rings. The molecule has 0 bridgehead atoms. The lowest BCUT2D eigenvalue weighted by molar-refractivity contribution is 0.231. The van der Waals surface area contributed by atoms with Gasteiger partial charge in [0.2, 0.25) is 0 Å². The molecule has 1 nitrogen and oxygen atoms in total. The molecule has 0 amide bonds.